The molecule has 1 aromatic rings. The average Bonchev–Trinajstić information content (AvgIpc) is 2.97. The fraction of sp³-hybridized carbons (Fsp3) is 0.533. The monoisotopic (exact) mass is 262 g/mol. The van der Waals surface area contributed by atoms with E-state index >= 15 is 0 Å². The number of amides is 1. The van der Waals surface area contributed by atoms with E-state index in [-0.39, 0.29) is 11.8 Å². The van der Waals surface area contributed by atoms with Gasteiger partial charge in [-0.25, -0.2) is 0 Å². The van der Waals surface area contributed by atoms with Crippen molar-refractivity contribution in [1.29, 1.82) is 0 Å². The number of hydrogen-bond acceptors (Lipinski definition) is 3. The van der Waals surface area contributed by atoms with Crippen LogP contribution in [0.3, 0.4) is 0 Å². The van der Waals surface area contributed by atoms with Crippen LogP contribution < -0.4 is 15.4 Å². The van der Waals surface area contributed by atoms with Gasteiger partial charge in [-0.1, -0.05) is 12.1 Å². The molecule has 0 aromatic heterocycles. The van der Waals surface area contributed by atoms with Gasteiger partial charge in [0.2, 0.25) is 5.91 Å². The number of methoxy groups -OCH3 is 1. The molecule has 0 radical (unpaired) electrons. The molecule has 1 aliphatic heterocycles. The molecule has 0 aliphatic carbocycles. The predicted molar refractivity (Wildman–Crippen MR) is 75.4 cm³/mol. The Hall–Kier alpha value is -1.55. The molecule has 1 saturated heterocycles. The van der Waals surface area contributed by atoms with Crippen LogP contribution in [0.25, 0.3) is 0 Å². The van der Waals surface area contributed by atoms with Gasteiger partial charge in [0.05, 0.1) is 13.0 Å². The topological polar surface area (TPSA) is 50.4 Å². The first kappa shape index (κ1) is 13.9. The summed E-state index contributed by atoms with van der Waals surface area (Å²) in [7, 11) is 1.63. The lowest BCUT2D eigenvalue weighted by atomic mass is 10.00. The van der Waals surface area contributed by atoms with Crippen LogP contribution in [0.2, 0.25) is 0 Å². The number of hydrogen-bond donors (Lipinski definition) is 2. The van der Waals surface area contributed by atoms with Crippen molar-refractivity contribution in [3.8, 4) is 5.75 Å². The third kappa shape index (κ3) is 3.70. The van der Waals surface area contributed by atoms with Crippen LogP contribution in [0.4, 0.5) is 0 Å². The van der Waals surface area contributed by atoms with Crippen LogP contribution in [-0.4, -0.2) is 32.1 Å². The van der Waals surface area contributed by atoms with E-state index in [1.165, 1.54) is 6.42 Å². The molecular weight excluding hydrogens is 240 g/mol. The van der Waals surface area contributed by atoms with E-state index < -0.39 is 0 Å². The molecule has 1 heterocycles. The SMILES string of the molecule is COc1cccc(C(C)C(=O)NCC2CCCN2)c1. The molecule has 1 fully saturated rings. The van der Waals surface area contributed by atoms with Crippen molar-refractivity contribution < 1.29 is 9.53 Å². The molecule has 1 aliphatic rings. The molecule has 2 rings (SSSR count). The maximum atomic E-state index is 12.1. The Morgan fingerprint density at radius 1 is 1.58 bits per heavy atom. The number of ether oxygens (including phenoxy) is 1. The standard InChI is InChI=1S/C15H22N2O2/c1-11(12-5-3-7-14(9-12)19-2)15(18)17-10-13-6-4-8-16-13/h3,5,7,9,11,13,16H,4,6,8,10H2,1-2H3,(H,17,18). The summed E-state index contributed by atoms with van der Waals surface area (Å²) in [5.74, 6) is 0.702. The van der Waals surface area contributed by atoms with Crippen molar-refractivity contribution in [3.05, 3.63) is 29.8 Å². The molecule has 2 atom stereocenters. The van der Waals surface area contributed by atoms with E-state index in [1.54, 1.807) is 7.11 Å². The maximum Gasteiger partial charge on any atom is 0.227 e. The maximum absolute atomic E-state index is 12.1. The van der Waals surface area contributed by atoms with Crippen LogP contribution in [0.1, 0.15) is 31.2 Å². The number of carbonyl (C=O) groups excluding carboxylic acids is 1. The summed E-state index contributed by atoms with van der Waals surface area (Å²) in [6, 6.07) is 8.10. The molecule has 0 spiro atoms. The summed E-state index contributed by atoms with van der Waals surface area (Å²) < 4.78 is 5.18. The highest BCUT2D eigenvalue weighted by Crippen LogP contribution is 2.20. The fourth-order valence-corrected chi connectivity index (χ4v) is 2.37. The largest absolute Gasteiger partial charge is 0.497 e. The molecule has 104 valence electrons. The van der Waals surface area contributed by atoms with Gasteiger partial charge in [0.1, 0.15) is 5.75 Å². The normalized spacial score (nSPS) is 20.0. The first-order chi connectivity index (χ1) is 9.20. The third-order valence-corrected chi connectivity index (χ3v) is 3.67. The van der Waals surface area contributed by atoms with Gasteiger partial charge in [-0.3, -0.25) is 4.79 Å². The molecule has 4 heteroatoms. The Bertz CT molecular complexity index is 428. The van der Waals surface area contributed by atoms with Gasteiger partial charge in [0.25, 0.3) is 0 Å². The highest BCUT2D eigenvalue weighted by Gasteiger charge is 2.19. The Balaban J connectivity index is 1.89. The molecular formula is C15H22N2O2. The first-order valence-corrected chi connectivity index (χ1v) is 6.85. The van der Waals surface area contributed by atoms with Gasteiger partial charge in [-0.15, -0.1) is 0 Å². The molecule has 1 aromatic carbocycles. The number of nitrogens with one attached hydrogen (secondary N) is 2. The van der Waals surface area contributed by atoms with Crippen molar-refractivity contribution in [2.75, 3.05) is 20.2 Å². The molecule has 0 bridgehead atoms. The highest BCUT2D eigenvalue weighted by molar-refractivity contribution is 5.83. The van der Waals surface area contributed by atoms with Gasteiger partial charge in [0.15, 0.2) is 0 Å². The smallest absolute Gasteiger partial charge is 0.227 e. The van der Waals surface area contributed by atoms with Crippen molar-refractivity contribution in [1.82, 2.24) is 10.6 Å². The Morgan fingerprint density at radius 2 is 2.42 bits per heavy atom. The van der Waals surface area contributed by atoms with Crippen LogP contribution in [0.5, 0.6) is 5.75 Å². The van der Waals surface area contributed by atoms with Crippen LogP contribution in [0, 0.1) is 0 Å². The Kier molecular flexibility index (Phi) is 4.80. The van der Waals surface area contributed by atoms with Gasteiger partial charge in [-0.05, 0) is 44.0 Å². The fourth-order valence-electron chi connectivity index (χ4n) is 2.37. The first-order valence-electron chi connectivity index (χ1n) is 6.85. The van der Waals surface area contributed by atoms with Crippen molar-refractivity contribution >= 4 is 5.91 Å². The lowest BCUT2D eigenvalue weighted by molar-refractivity contribution is -0.122. The molecule has 2 unspecified atom stereocenters. The molecule has 4 nitrogen and oxygen atoms in total. The van der Waals surface area contributed by atoms with E-state index in [4.69, 9.17) is 4.74 Å². The van der Waals surface area contributed by atoms with Gasteiger partial charge in [0, 0.05) is 12.6 Å². The summed E-state index contributed by atoms with van der Waals surface area (Å²) in [4.78, 5) is 12.1. The summed E-state index contributed by atoms with van der Waals surface area (Å²) in [5.41, 5.74) is 0.983. The minimum atomic E-state index is -0.156. The zero-order valence-electron chi connectivity index (χ0n) is 11.6. The second-order valence-corrected chi connectivity index (χ2v) is 5.04. The molecule has 0 saturated carbocycles. The second-order valence-electron chi connectivity index (χ2n) is 5.04. The zero-order valence-corrected chi connectivity index (χ0v) is 11.6. The second kappa shape index (κ2) is 6.57. The number of rotatable bonds is 5. The highest BCUT2D eigenvalue weighted by atomic mass is 16.5. The Morgan fingerprint density at radius 3 is 3.11 bits per heavy atom. The minimum absolute atomic E-state index is 0.0713. The van der Waals surface area contributed by atoms with E-state index in [0.29, 0.717) is 12.6 Å². The van der Waals surface area contributed by atoms with E-state index in [9.17, 15) is 4.79 Å². The van der Waals surface area contributed by atoms with E-state index in [0.717, 1.165) is 24.3 Å². The van der Waals surface area contributed by atoms with Crippen molar-refractivity contribution in [3.63, 3.8) is 0 Å². The molecule has 1 amide bonds. The average molecular weight is 262 g/mol. The Labute approximate surface area is 114 Å². The van der Waals surface area contributed by atoms with Gasteiger partial charge >= 0.3 is 0 Å². The third-order valence-electron chi connectivity index (χ3n) is 3.67. The molecule has 2 N–H and O–H groups in total. The summed E-state index contributed by atoms with van der Waals surface area (Å²) in [6.45, 7) is 3.70. The van der Waals surface area contributed by atoms with Crippen LogP contribution in [0.15, 0.2) is 24.3 Å². The van der Waals surface area contributed by atoms with Crippen molar-refractivity contribution in [2.24, 2.45) is 0 Å². The summed E-state index contributed by atoms with van der Waals surface area (Å²) in [6.07, 6.45) is 2.35. The van der Waals surface area contributed by atoms with E-state index in [1.807, 2.05) is 31.2 Å². The summed E-state index contributed by atoms with van der Waals surface area (Å²) in [5, 5.41) is 6.39. The van der Waals surface area contributed by atoms with Crippen LogP contribution in [-0.2, 0) is 4.79 Å². The zero-order chi connectivity index (χ0) is 13.7. The lowest BCUT2D eigenvalue weighted by Crippen LogP contribution is -2.38. The lowest BCUT2D eigenvalue weighted by Gasteiger charge is -2.16. The van der Waals surface area contributed by atoms with Gasteiger partial charge in [-0.2, -0.15) is 0 Å². The number of benzene rings is 1. The summed E-state index contributed by atoms with van der Waals surface area (Å²) >= 11 is 0. The minimum Gasteiger partial charge on any atom is -0.497 e. The quantitative estimate of drug-likeness (QED) is 0.848. The number of carbonyl (C=O) groups is 1. The predicted octanol–water partition coefficient (Wildman–Crippen LogP) is 1.67. The van der Waals surface area contributed by atoms with Crippen LogP contribution >= 0.6 is 0 Å². The van der Waals surface area contributed by atoms with Crippen molar-refractivity contribution in [2.45, 2.75) is 31.7 Å². The van der Waals surface area contributed by atoms with E-state index in [2.05, 4.69) is 10.6 Å². The molecule has 19 heavy (non-hydrogen) atoms. The van der Waals surface area contributed by atoms with Gasteiger partial charge < -0.3 is 15.4 Å².